The zero-order chi connectivity index (χ0) is 12.4. The molecule has 0 bridgehead atoms. The Hall–Kier alpha value is -1.84. The molecule has 1 aromatic heterocycles. The lowest BCUT2D eigenvalue weighted by molar-refractivity contribution is 0.0696. The van der Waals surface area contributed by atoms with E-state index in [1.54, 1.807) is 13.0 Å². The van der Waals surface area contributed by atoms with Gasteiger partial charge in [-0.3, -0.25) is 4.98 Å². The third-order valence-electron chi connectivity index (χ3n) is 2.91. The van der Waals surface area contributed by atoms with Crippen LogP contribution in [0.4, 0.5) is 5.69 Å². The molecule has 0 unspecified atom stereocenters. The highest BCUT2D eigenvalue weighted by molar-refractivity contribution is 5.95. The van der Waals surface area contributed by atoms with Crippen LogP contribution >= 0.6 is 0 Å². The van der Waals surface area contributed by atoms with Crippen LogP contribution in [0.25, 0.3) is 0 Å². The second-order valence-corrected chi connectivity index (χ2v) is 4.36. The van der Waals surface area contributed by atoms with E-state index in [-0.39, 0.29) is 5.56 Å². The molecule has 4 heteroatoms. The van der Waals surface area contributed by atoms with E-state index in [1.165, 1.54) is 0 Å². The molecule has 2 rings (SSSR count). The van der Waals surface area contributed by atoms with E-state index in [4.69, 9.17) is 0 Å². The second-order valence-electron chi connectivity index (χ2n) is 4.36. The second kappa shape index (κ2) is 4.57. The summed E-state index contributed by atoms with van der Waals surface area (Å²) >= 11 is 0. The average molecular weight is 232 g/mol. The first-order valence-corrected chi connectivity index (χ1v) is 5.71. The lowest BCUT2D eigenvalue weighted by atomic mass is 10.1. The van der Waals surface area contributed by atoms with Gasteiger partial charge in [0, 0.05) is 11.7 Å². The van der Waals surface area contributed by atoms with Crippen molar-refractivity contribution >= 4 is 11.7 Å². The number of carboxylic acid groups (broad SMARTS) is 1. The first-order chi connectivity index (χ1) is 8.08. The van der Waals surface area contributed by atoms with Crippen LogP contribution in [0.1, 0.15) is 34.6 Å². The number of aromatic nitrogens is 1. The summed E-state index contributed by atoms with van der Waals surface area (Å²) in [4.78, 5) is 15.4. The molecule has 0 amide bonds. The summed E-state index contributed by atoms with van der Waals surface area (Å²) in [5, 5.41) is 12.5. The van der Waals surface area contributed by atoms with Crippen LogP contribution in [-0.4, -0.2) is 22.1 Å². The number of nitrogens with one attached hydrogen (secondary N) is 1. The number of aryl methyl sites for hydroxylation is 2. The summed E-state index contributed by atoms with van der Waals surface area (Å²) in [7, 11) is 0. The Morgan fingerprint density at radius 2 is 2.06 bits per heavy atom. The number of nitrogens with zero attached hydrogens (tertiary/aromatic N) is 1. The minimum Gasteiger partial charge on any atom is -0.478 e. The molecule has 1 heterocycles. The van der Waals surface area contributed by atoms with Crippen molar-refractivity contribution in [3.05, 3.63) is 35.2 Å². The van der Waals surface area contributed by atoms with Gasteiger partial charge in [-0.05, 0) is 32.8 Å². The molecule has 0 radical (unpaired) electrons. The Kier molecular flexibility index (Phi) is 3.13. The number of carboxylic acids is 1. The highest BCUT2D eigenvalue weighted by Crippen LogP contribution is 2.23. The monoisotopic (exact) mass is 232 g/mol. The van der Waals surface area contributed by atoms with Gasteiger partial charge >= 0.3 is 5.97 Å². The first-order valence-electron chi connectivity index (χ1n) is 5.71. The van der Waals surface area contributed by atoms with E-state index >= 15 is 0 Å². The van der Waals surface area contributed by atoms with Gasteiger partial charge < -0.3 is 10.4 Å². The van der Waals surface area contributed by atoms with Crippen LogP contribution in [-0.2, 0) is 0 Å². The van der Waals surface area contributed by atoms with Crippen LogP contribution < -0.4 is 5.32 Å². The summed E-state index contributed by atoms with van der Waals surface area (Å²) in [6, 6.07) is 2.10. The molecule has 0 saturated heterocycles. The first kappa shape index (κ1) is 11.6. The molecule has 0 spiro atoms. The number of carbonyl (C=O) groups is 1. The quantitative estimate of drug-likeness (QED) is 0.786. The Bertz CT molecular complexity index is 473. The molecule has 0 aliphatic heterocycles. The van der Waals surface area contributed by atoms with E-state index < -0.39 is 5.97 Å². The summed E-state index contributed by atoms with van der Waals surface area (Å²) in [6.45, 7) is 3.60. The molecule has 1 aliphatic rings. The lowest BCUT2D eigenvalue weighted by Gasteiger charge is -2.17. The SMILES string of the molecule is Cc1cc(NC2CC=CC2)c(C(=O)O)c(C)n1. The molecule has 0 fully saturated rings. The predicted molar refractivity (Wildman–Crippen MR) is 66.5 cm³/mol. The number of pyridine rings is 1. The number of hydrogen-bond acceptors (Lipinski definition) is 3. The molecule has 0 saturated carbocycles. The summed E-state index contributed by atoms with van der Waals surface area (Å²) in [5.41, 5.74) is 2.35. The highest BCUT2D eigenvalue weighted by Gasteiger charge is 2.18. The van der Waals surface area contributed by atoms with Crippen molar-refractivity contribution < 1.29 is 9.90 Å². The van der Waals surface area contributed by atoms with Crippen LogP contribution in [0.15, 0.2) is 18.2 Å². The van der Waals surface area contributed by atoms with Crippen LogP contribution in [0.2, 0.25) is 0 Å². The fraction of sp³-hybridized carbons (Fsp3) is 0.385. The molecule has 17 heavy (non-hydrogen) atoms. The Morgan fingerprint density at radius 3 is 2.65 bits per heavy atom. The molecular formula is C13H16N2O2. The minimum absolute atomic E-state index is 0.280. The molecule has 90 valence electrons. The fourth-order valence-corrected chi connectivity index (χ4v) is 2.17. The molecule has 0 aromatic carbocycles. The van der Waals surface area contributed by atoms with E-state index in [2.05, 4.69) is 22.5 Å². The van der Waals surface area contributed by atoms with E-state index in [0.717, 1.165) is 18.5 Å². The average Bonchev–Trinajstić information content (AvgIpc) is 2.68. The number of aromatic carboxylic acids is 1. The summed E-state index contributed by atoms with van der Waals surface area (Å²) in [5.74, 6) is -0.927. The normalized spacial score (nSPS) is 15.2. The van der Waals surface area contributed by atoms with Gasteiger partial charge in [0.2, 0.25) is 0 Å². The number of hydrogen-bond donors (Lipinski definition) is 2. The van der Waals surface area contributed by atoms with Crippen LogP contribution in [0.3, 0.4) is 0 Å². The van der Waals surface area contributed by atoms with Gasteiger partial charge in [-0.1, -0.05) is 12.2 Å². The standard InChI is InChI=1S/C13H16N2O2/c1-8-7-11(15-10-5-3-4-6-10)12(13(16)17)9(2)14-8/h3-4,7,10H,5-6H2,1-2H3,(H,14,15)(H,16,17). The lowest BCUT2D eigenvalue weighted by Crippen LogP contribution is -2.18. The van der Waals surface area contributed by atoms with E-state index in [0.29, 0.717) is 17.4 Å². The van der Waals surface area contributed by atoms with Crippen molar-refractivity contribution in [2.45, 2.75) is 32.7 Å². The molecular weight excluding hydrogens is 216 g/mol. The van der Waals surface area contributed by atoms with Gasteiger partial charge in [0.15, 0.2) is 0 Å². The van der Waals surface area contributed by atoms with Crippen molar-refractivity contribution in [3.8, 4) is 0 Å². The Morgan fingerprint density at radius 1 is 1.41 bits per heavy atom. The van der Waals surface area contributed by atoms with Crippen LogP contribution in [0, 0.1) is 13.8 Å². The predicted octanol–water partition coefficient (Wildman–Crippen LogP) is 2.53. The zero-order valence-electron chi connectivity index (χ0n) is 10.0. The molecule has 4 nitrogen and oxygen atoms in total. The summed E-state index contributed by atoms with van der Waals surface area (Å²) < 4.78 is 0. The van der Waals surface area contributed by atoms with Crippen molar-refractivity contribution in [1.82, 2.24) is 4.98 Å². The maximum Gasteiger partial charge on any atom is 0.339 e. The van der Waals surface area contributed by atoms with Gasteiger partial charge in [-0.2, -0.15) is 0 Å². The molecule has 1 aromatic rings. The molecule has 0 atom stereocenters. The minimum atomic E-state index is -0.927. The van der Waals surface area contributed by atoms with Gasteiger partial charge in [-0.25, -0.2) is 4.79 Å². The van der Waals surface area contributed by atoms with Crippen LogP contribution in [0.5, 0.6) is 0 Å². The van der Waals surface area contributed by atoms with Crippen molar-refractivity contribution in [1.29, 1.82) is 0 Å². The number of anilines is 1. The fourth-order valence-electron chi connectivity index (χ4n) is 2.17. The largest absolute Gasteiger partial charge is 0.478 e. The maximum atomic E-state index is 11.2. The third-order valence-corrected chi connectivity index (χ3v) is 2.91. The summed E-state index contributed by atoms with van der Waals surface area (Å²) in [6.07, 6.45) is 6.11. The van der Waals surface area contributed by atoms with Crippen molar-refractivity contribution in [3.63, 3.8) is 0 Å². The van der Waals surface area contributed by atoms with E-state index in [1.807, 2.05) is 6.92 Å². The van der Waals surface area contributed by atoms with Gasteiger partial charge in [0.1, 0.15) is 5.56 Å². The van der Waals surface area contributed by atoms with Crippen molar-refractivity contribution in [2.24, 2.45) is 0 Å². The number of rotatable bonds is 3. The maximum absolute atomic E-state index is 11.2. The Balaban J connectivity index is 2.33. The molecule has 2 N–H and O–H groups in total. The van der Waals surface area contributed by atoms with E-state index in [9.17, 15) is 9.90 Å². The smallest absolute Gasteiger partial charge is 0.339 e. The third kappa shape index (κ3) is 2.46. The highest BCUT2D eigenvalue weighted by atomic mass is 16.4. The topological polar surface area (TPSA) is 62.2 Å². The van der Waals surface area contributed by atoms with Gasteiger partial charge in [0.25, 0.3) is 0 Å². The van der Waals surface area contributed by atoms with Crippen molar-refractivity contribution in [2.75, 3.05) is 5.32 Å². The molecule has 1 aliphatic carbocycles. The zero-order valence-corrected chi connectivity index (χ0v) is 10.0. The Labute approximate surface area is 100 Å². The van der Waals surface area contributed by atoms with Gasteiger partial charge in [-0.15, -0.1) is 0 Å². The van der Waals surface area contributed by atoms with Gasteiger partial charge in [0.05, 0.1) is 11.4 Å².